The molecular formula is C12H15ClN2O2. The first-order valence-corrected chi connectivity index (χ1v) is 5.66. The number of primary amides is 1. The summed E-state index contributed by atoms with van der Waals surface area (Å²) in [6.45, 7) is 3.62. The first kappa shape index (κ1) is 13.5. The average molecular weight is 255 g/mol. The number of halogens is 1. The predicted molar refractivity (Wildman–Crippen MR) is 66.7 cm³/mol. The van der Waals surface area contributed by atoms with Gasteiger partial charge in [0, 0.05) is 0 Å². The standard InChI is InChI=1S/C12H15ClN2O2/c1-7(2)10(11(14)16)15-12(17)8-5-3-4-6-9(8)13/h3-7,10H,1-2H3,(H2,14,16)(H,15,17). The lowest BCUT2D eigenvalue weighted by Gasteiger charge is -2.19. The van der Waals surface area contributed by atoms with E-state index in [0.29, 0.717) is 10.6 Å². The van der Waals surface area contributed by atoms with Crippen molar-refractivity contribution >= 4 is 23.4 Å². The van der Waals surface area contributed by atoms with Crippen molar-refractivity contribution in [3.8, 4) is 0 Å². The fourth-order valence-corrected chi connectivity index (χ4v) is 1.65. The Hall–Kier alpha value is -1.55. The molecule has 1 atom stereocenters. The monoisotopic (exact) mass is 254 g/mol. The van der Waals surface area contributed by atoms with Gasteiger partial charge in [-0.05, 0) is 18.1 Å². The Kier molecular flexibility index (Phi) is 4.52. The zero-order valence-electron chi connectivity index (χ0n) is 9.74. The van der Waals surface area contributed by atoms with Crippen molar-refractivity contribution in [3.05, 3.63) is 34.9 Å². The summed E-state index contributed by atoms with van der Waals surface area (Å²) in [6.07, 6.45) is 0. The zero-order valence-corrected chi connectivity index (χ0v) is 10.5. The Morgan fingerprint density at radius 2 is 1.88 bits per heavy atom. The van der Waals surface area contributed by atoms with E-state index in [4.69, 9.17) is 17.3 Å². The van der Waals surface area contributed by atoms with Crippen LogP contribution in [0.1, 0.15) is 24.2 Å². The highest BCUT2D eigenvalue weighted by molar-refractivity contribution is 6.33. The summed E-state index contributed by atoms with van der Waals surface area (Å²) in [4.78, 5) is 23.0. The van der Waals surface area contributed by atoms with Crippen LogP contribution in [0.4, 0.5) is 0 Å². The summed E-state index contributed by atoms with van der Waals surface area (Å²) in [5.74, 6) is -1.02. The molecule has 0 saturated carbocycles. The molecule has 0 aromatic heterocycles. The Balaban J connectivity index is 2.85. The fourth-order valence-electron chi connectivity index (χ4n) is 1.43. The number of rotatable bonds is 4. The maximum absolute atomic E-state index is 11.9. The van der Waals surface area contributed by atoms with Crippen LogP contribution >= 0.6 is 11.6 Å². The van der Waals surface area contributed by atoms with Gasteiger partial charge in [0.05, 0.1) is 10.6 Å². The quantitative estimate of drug-likeness (QED) is 0.856. The first-order chi connectivity index (χ1) is 7.93. The summed E-state index contributed by atoms with van der Waals surface area (Å²) in [5.41, 5.74) is 5.55. The number of carbonyl (C=O) groups excluding carboxylic acids is 2. The molecule has 0 spiro atoms. The van der Waals surface area contributed by atoms with Gasteiger partial charge in [-0.15, -0.1) is 0 Å². The number of hydrogen-bond acceptors (Lipinski definition) is 2. The first-order valence-electron chi connectivity index (χ1n) is 5.28. The van der Waals surface area contributed by atoms with E-state index in [1.165, 1.54) is 0 Å². The van der Waals surface area contributed by atoms with Gasteiger partial charge in [-0.2, -0.15) is 0 Å². The van der Waals surface area contributed by atoms with Crippen LogP contribution in [0.3, 0.4) is 0 Å². The molecule has 0 radical (unpaired) electrons. The molecule has 3 N–H and O–H groups in total. The van der Waals surface area contributed by atoms with E-state index in [1.54, 1.807) is 24.3 Å². The summed E-state index contributed by atoms with van der Waals surface area (Å²) in [7, 11) is 0. The molecular weight excluding hydrogens is 240 g/mol. The minimum Gasteiger partial charge on any atom is -0.368 e. The number of amides is 2. The Morgan fingerprint density at radius 3 is 2.35 bits per heavy atom. The second-order valence-corrected chi connectivity index (χ2v) is 4.48. The molecule has 92 valence electrons. The second-order valence-electron chi connectivity index (χ2n) is 4.08. The van der Waals surface area contributed by atoms with Gasteiger partial charge < -0.3 is 11.1 Å². The lowest BCUT2D eigenvalue weighted by atomic mass is 10.0. The fraction of sp³-hybridized carbons (Fsp3) is 0.333. The van der Waals surface area contributed by atoms with E-state index in [9.17, 15) is 9.59 Å². The minimum atomic E-state index is -0.696. The third kappa shape index (κ3) is 3.46. The number of benzene rings is 1. The van der Waals surface area contributed by atoms with Gasteiger partial charge in [-0.3, -0.25) is 9.59 Å². The van der Waals surface area contributed by atoms with Crippen molar-refractivity contribution in [1.29, 1.82) is 0 Å². The molecule has 17 heavy (non-hydrogen) atoms. The van der Waals surface area contributed by atoms with Gasteiger partial charge in [0.25, 0.3) is 5.91 Å². The SMILES string of the molecule is CC(C)C(NC(=O)c1ccccc1Cl)C(N)=O. The molecule has 4 nitrogen and oxygen atoms in total. The van der Waals surface area contributed by atoms with Gasteiger partial charge in [-0.1, -0.05) is 37.6 Å². The van der Waals surface area contributed by atoms with E-state index < -0.39 is 17.9 Å². The summed E-state index contributed by atoms with van der Waals surface area (Å²) in [6, 6.07) is 5.95. The van der Waals surface area contributed by atoms with Crippen molar-refractivity contribution in [1.82, 2.24) is 5.32 Å². The summed E-state index contributed by atoms with van der Waals surface area (Å²) < 4.78 is 0. The van der Waals surface area contributed by atoms with E-state index >= 15 is 0 Å². The molecule has 0 saturated heterocycles. The molecule has 0 aliphatic heterocycles. The van der Waals surface area contributed by atoms with Crippen molar-refractivity contribution in [2.75, 3.05) is 0 Å². The molecule has 0 aliphatic rings. The molecule has 0 heterocycles. The van der Waals surface area contributed by atoms with Crippen molar-refractivity contribution in [3.63, 3.8) is 0 Å². The Morgan fingerprint density at radius 1 is 1.29 bits per heavy atom. The van der Waals surface area contributed by atoms with Gasteiger partial charge in [-0.25, -0.2) is 0 Å². The maximum atomic E-state index is 11.9. The molecule has 1 unspecified atom stereocenters. The molecule has 1 aromatic carbocycles. The van der Waals surface area contributed by atoms with Crippen LogP contribution in [0, 0.1) is 5.92 Å². The van der Waals surface area contributed by atoms with Crippen LogP contribution in [0.5, 0.6) is 0 Å². The second kappa shape index (κ2) is 5.68. The van der Waals surface area contributed by atoms with Crippen LogP contribution < -0.4 is 11.1 Å². The lowest BCUT2D eigenvalue weighted by Crippen LogP contribution is -2.47. The van der Waals surface area contributed by atoms with Crippen LogP contribution in [0.2, 0.25) is 5.02 Å². The topological polar surface area (TPSA) is 72.2 Å². The smallest absolute Gasteiger partial charge is 0.253 e. The van der Waals surface area contributed by atoms with Crippen molar-refractivity contribution in [2.24, 2.45) is 11.7 Å². The zero-order chi connectivity index (χ0) is 13.0. The summed E-state index contributed by atoms with van der Waals surface area (Å²) in [5, 5.41) is 2.92. The molecule has 0 bridgehead atoms. The van der Waals surface area contributed by atoms with Crippen LogP contribution in [0.25, 0.3) is 0 Å². The molecule has 1 aromatic rings. The Labute approximate surface area is 105 Å². The molecule has 2 amide bonds. The van der Waals surface area contributed by atoms with E-state index in [-0.39, 0.29) is 5.92 Å². The van der Waals surface area contributed by atoms with Crippen molar-refractivity contribution in [2.45, 2.75) is 19.9 Å². The van der Waals surface area contributed by atoms with Crippen LogP contribution in [-0.2, 0) is 4.79 Å². The maximum Gasteiger partial charge on any atom is 0.253 e. The Bertz CT molecular complexity index is 432. The van der Waals surface area contributed by atoms with Gasteiger partial charge in [0.15, 0.2) is 0 Å². The molecule has 1 rings (SSSR count). The number of nitrogens with one attached hydrogen (secondary N) is 1. The number of carbonyl (C=O) groups is 2. The van der Waals surface area contributed by atoms with E-state index in [0.717, 1.165) is 0 Å². The van der Waals surface area contributed by atoms with Crippen LogP contribution in [0.15, 0.2) is 24.3 Å². The highest BCUT2D eigenvalue weighted by Gasteiger charge is 2.22. The van der Waals surface area contributed by atoms with Crippen LogP contribution in [-0.4, -0.2) is 17.9 Å². The minimum absolute atomic E-state index is 0.0704. The molecule has 0 aliphatic carbocycles. The van der Waals surface area contributed by atoms with E-state index in [2.05, 4.69) is 5.32 Å². The molecule has 0 fully saturated rings. The normalized spacial score (nSPS) is 12.2. The van der Waals surface area contributed by atoms with Gasteiger partial charge in [0.2, 0.25) is 5.91 Å². The number of hydrogen-bond donors (Lipinski definition) is 2. The highest BCUT2D eigenvalue weighted by Crippen LogP contribution is 2.15. The third-order valence-electron chi connectivity index (χ3n) is 2.38. The average Bonchev–Trinajstić information content (AvgIpc) is 2.25. The van der Waals surface area contributed by atoms with Crippen molar-refractivity contribution < 1.29 is 9.59 Å². The van der Waals surface area contributed by atoms with Gasteiger partial charge in [0.1, 0.15) is 6.04 Å². The lowest BCUT2D eigenvalue weighted by molar-refractivity contribution is -0.120. The largest absolute Gasteiger partial charge is 0.368 e. The third-order valence-corrected chi connectivity index (χ3v) is 2.71. The van der Waals surface area contributed by atoms with Gasteiger partial charge >= 0.3 is 0 Å². The number of nitrogens with two attached hydrogens (primary N) is 1. The highest BCUT2D eigenvalue weighted by atomic mass is 35.5. The predicted octanol–water partition coefficient (Wildman–Crippen LogP) is 1.58. The molecule has 5 heteroatoms. The van der Waals surface area contributed by atoms with E-state index in [1.807, 2.05) is 13.8 Å². The summed E-state index contributed by atoms with van der Waals surface area (Å²) >= 11 is 5.88.